The van der Waals surface area contributed by atoms with Crippen molar-refractivity contribution >= 4 is 27.5 Å². The Balaban J connectivity index is 1.77. The maximum absolute atomic E-state index is 13.7. The van der Waals surface area contributed by atoms with Crippen molar-refractivity contribution in [2.24, 2.45) is 0 Å². The molecular weight excluding hydrogens is 510 g/mol. The summed E-state index contributed by atoms with van der Waals surface area (Å²) >= 11 is 5.90. The van der Waals surface area contributed by atoms with Gasteiger partial charge in [0.15, 0.2) is 5.82 Å². The molecule has 1 aromatic carbocycles. The zero-order valence-electron chi connectivity index (χ0n) is 20.3. The molecule has 0 spiro atoms. The third-order valence-electron chi connectivity index (χ3n) is 5.94. The van der Waals surface area contributed by atoms with E-state index in [1.54, 1.807) is 36.6 Å². The van der Waals surface area contributed by atoms with E-state index in [0.29, 0.717) is 47.1 Å². The van der Waals surface area contributed by atoms with E-state index in [2.05, 4.69) is 24.9 Å². The fraction of sp³-hybridized carbons (Fsp3) is 0.455. The first kappa shape index (κ1) is 26.1. The summed E-state index contributed by atoms with van der Waals surface area (Å²) in [6.07, 6.45) is 2.39. The predicted molar refractivity (Wildman–Crippen MR) is 133 cm³/mol. The Bertz CT molecular complexity index is 1270. The van der Waals surface area contributed by atoms with E-state index in [4.69, 9.17) is 35.3 Å². The molecule has 1 fully saturated rings. The highest BCUT2D eigenvalue weighted by Crippen LogP contribution is 2.37. The predicted octanol–water partition coefficient (Wildman–Crippen LogP) is 3.38. The van der Waals surface area contributed by atoms with Crippen molar-refractivity contribution in [1.29, 1.82) is 4.78 Å². The van der Waals surface area contributed by atoms with Crippen molar-refractivity contribution in [3.05, 3.63) is 47.3 Å². The van der Waals surface area contributed by atoms with E-state index in [1.165, 1.54) is 26.6 Å². The first-order chi connectivity index (χ1) is 17.3. The Morgan fingerprint density at radius 3 is 2.42 bits per heavy atom. The molecule has 1 unspecified atom stereocenters. The quantitative estimate of drug-likeness (QED) is 0.419. The molecule has 4 atom stereocenters. The molecule has 2 N–H and O–H groups in total. The number of anilines is 1. The maximum atomic E-state index is 13.7. The number of hydrogen-bond acceptors (Lipinski definition) is 10. The van der Waals surface area contributed by atoms with E-state index < -0.39 is 27.2 Å². The van der Waals surface area contributed by atoms with Gasteiger partial charge in [0.2, 0.25) is 5.95 Å². The molecule has 12 nitrogen and oxygen atoms in total. The van der Waals surface area contributed by atoms with Gasteiger partial charge < -0.3 is 18.9 Å². The number of nitrogens with one attached hydrogen (secondary N) is 2. The average molecular weight is 538 g/mol. The van der Waals surface area contributed by atoms with Gasteiger partial charge in [-0.25, -0.2) is 19.0 Å². The Hall–Kier alpha value is -3.00. The summed E-state index contributed by atoms with van der Waals surface area (Å²) in [6, 6.07) is 5.29. The fourth-order valence-corrected chi connectivity index (χ4v) is 5.15. The van der Waals surface area contributed by atoms with Crippen molar-refractivity contribution in [3.63, 3.8) is 0 Å². The number of aromatic nitrogens is 5. The molecule has 0 saturated carbocycles. The molecule has 2 aromatic heterocycles. The van der Waals surface area contributed by atoms with E-state index in [9.17, 15) is 4.21 Å². The van der Waals surface area contributed by atoms with Crippen molar-refractivity contribution in [2.75, 3.05) is 38.8 Å². The zero-order valence-corrected chi connectivity index (χ0v) is 21.9. The number of rotatable bonds is 9. The lowest BCUT2D eigenvalue weighted by atomic mass is 10.1. The minimum absolute atomic E-state index is 0.0676. The second kappa shape index (κ2) is 10.9. The monoisotopic (exact) mass is 537 g/mol. The first-order valence-corrected chi connectivity index (χ1v) is 13.2. The molecule has 0 aliphatic carbocycles. The summed E-state index contributed by atoms with van der Waals surface area (Å²) in [5.41, 5.74) is 0.469. The lowest BCUT2D eigenvalue weighted by Gasteiger charge is -2.25. The third-order valence-corrected chi connectivity index (χ3v) is 8.07. The van der Waals surface area contributed by atoms with Crippen LogP contribution in [-0.4, -0.2) is 68.2 Å². The molecule has 0 radical (unpaired) electrons. The number of hydrogen-bond donors (Lipinski definition) is 2. The molecule has 0 amide bonds. The van der Waals surface area contributed by atoms with E-state index >= 15 is 0 Å². The van der Waals surface area contributed by atoms with Gasteiger partial charge in [0, 0.05) is 18.3 Å². The van der Waals surface area contributed by atoms with Crippen LogP contribution in [0.1, 0.15) is 37.5 Å². The van der Waals surface area contributed by atoms with E-state index in [1.807, 2.05) is 0 Å². The summed E-state index contributed by atoms with van der Waals surface area (Å²) in [6.45, 7) is 4.60. The van der Waals surface area contributed by atoms with Crippen LogP contribution in [0.25, 0.3) is 5.69 Å². The van der Waals surface area contributed by atoms with Crippen molar-refractivity contribution < 1.29 is 23.2 Å². The Kier molecular flexibility index (Phi) is 7.93. The highest BCUT2D eigenvalue weighted by molar-refractivity contribution is 7.94. The Morgan fingerprint density at radius 1 is 1.17 bits per heavy atom. The number of halogens is 1. The number of benzene rings is 1. The molecule has 1 aliphatic heterocycles. The number of ether oxygens (including phenoxy) is 4. The third kappa shape index (κ3) is 5.24. The standard InChI is InChI=1S/C22H28ClN7O5S/c1-13(20-25-10-15(23)11-26-20)14(2)36(24,31)29-22-28-27-21(18-12-34-8-9-35-18)30(22)19-16(32-3)6-5-7-17(19)33-4/h5-7,10-11,13-14,18H,8-9,12H2,1-4H3,(H2,24,28,29,31)/t13-,14-,18-,36?/m0/s1. The minimum atomic E-state index is -3.50. The maximum Gasteiger partial charge on any atom is 0.242 e. The molecule has 194 valence electrons. The van der Waals surface area contributed by atoms with Gasteiger partial charge >= 0.3 is 0 Å². The van der Waals surface area contributed by atoms with Crippen LogP contribution in [-0.2, 0) is 19.4 Å². The Morgan fingerprint density at radius 2 is 1.83 bits per heavy atom. The molecule has 0 bridgehead atoms. The van der Waals surface area contributed by atoms with Crippen molar-refractivity contribution in [3.8, 4) is 17.2 Å². The molecule has 3 heterocycles. The number of nitrogens with zero attached hydrogens (tertiary/aromatic N) is 5. The average Bonchev–Trinajstić information content (AvgIpc) is 3.30. The fourth-order valence-electron chi connectivity index (χ4n) is 3.76. The van der Waals surface area contributed by atoms with Gasteiger partial charge in [0.1, 0.15) is 39.0 Å². The highest BCUT2D eigenvalue weighted by Gasteiger charge is 2.32. The lowest BCUT2D eigenvalue weighted by Crippen LogP contribution is -2.31. The first-order valence-electron chi connectivity index (χ1n) is 11.2. The molecule has 1 aliphatic rings. The van der Waals surface area contributed by atoms with Gasteiger partial charge in [-0.15, -0.1) is 10.2 Å². The van der Waals surface area contributed by atoms with Crippen LogP contribution in [0.4, 0.5) is 5.95 Å². The minimum Gasteiger partial charge on any atom is -0.494 e. The summed E-state index contributed by atoms with van der Waals surface area (Å²) in [5.74, 6) is 1.38. The highest BCUT2D eigenvalue weighted by atomic mass is 35.5. The van der Waals surface area contributed by atoms with Crippen LogP contribution in [0, 0.1) is 4.78 Å². The van der Waals surface area contributed by atoms with Gasteiger partial charge in [-0.3, -0.25) is 9.29 Å². The summed E-state index contributed by atoms with van der Waals surface area (Å²) in [5, 5.41) is 8.23. The lowest BCUT2D eigenvalue weighted by molar-refractivity contribution is -0.0941. The molecule has 4 rings (SSSR count). The van der Waals surface area contributed by atoms with Crippen molar-refractivity contribution in [2.45, 2.75) is 31.1 Å². The summed E-state index contributed by atoms with van der Waals surface area (Å²) in [7, 11) is -0.444. The number of para-hydroxylation sites is 1. The van der Waals surface area contributed by atoms with Gasteiger partial charge in [0.25, 0.3) is 0 Å². The van der Waals surface area contributed by atoms with Gasteiger partial charge in [-0.1, -0.05) is 24.6 Å². The SMILES string of the molecule is COc1cccc(OC)c1-n1c(NS(=N)(=O)[C@@H](C)[C@H](C)c2ncc(Cl)cn2)nnc1[C@@H]1COCCO1. The van der Waals surface area contributed by atoms with E-state index in [0.717, 1.165) is 0 Å². The van der Waals surface area contributed by atoms with Crippen molar-refractivity contribution in [1.82, 2.24) is 24.7 Å². The smallest absolute Gasteiger partial charge is 0.242 e. The van der Waals surface area contributed by atoms with E-state index in [-0.39, 0.29) is 12.6 Å². The molecule has 3 aromatic rings. The van der Waals surface area contributed by atoms with Crippen LogP contribution in [0.3, 0.4) is 0 Å². The Labute approximate surface area is 214 Å². The van der Waals surface area contributed by atoms with Gasteiger partial charge in [-0.05, 0) is 19.1 Å². The normalized spacial score (nSPS) is 19.2. The summed E-state index contributed by atoms with van der Waals surface area (Å²) in [4.78, 5) is 8.44. The van der Waals surface area contributed by atoms with Crippen LogP contribution in [0.15, 0.2) is 30.6 Å². The molecular formula is C22H28ClN7O5S. The van der Waals surface area contributed by atoms with Crippen LogP contribution in [0.5, 0.6) is 11.5 Å². The number of methoxy groups -OCH3 is 2. The zero-order chi connectivity index (χ0) is 25.9. The van der Waals surface area contributed by atoms with Gasteiger partial charge in [-0.2, -0.15) is 0 Å². The second-order valence-corrected chi connectivity index (χ2v) is 10.7. The topological polar surface area (TPSA) is 146 Å². The molecule has 14 heteroatoms. The van der Waals surface area contributed by atoms with Crippen LogP contribution >= 0.6 is 11.6 Å². The van der Waals surface area contributed by atoms with Crippen LogP contribution < -0.4 is 14.2 Å². The largest absolute Gasteiger partial charge is 0.494 e. The van der Waals surface area contributed by atoms with Gasteiger partial charge in [0.05, 0.1) is 44.3 Å². The molecule has 36 heavy (non-hydrogen) atoms. The second-order valence-electron chi connectivity index (χ2n) is 8.12. The summed E-state index contributed by atoms with van der Waals surface area (Å²) < 4.78 is 49.4. The van der Waals surface area contributed by atoms with Crippen LogP contribution in [0.2, 0.25) is 5.02 Å². The molecule has 1 saturated heterocycles.